The Morgan fingerprint density at radius 3 is 1.42 bits per heavy atom. The van der Waals surface area contributed by atoms with Gasteiger partial charge in [-0.2, -0.15) is 0 Å². The lowest BCUT2D eigenvalue weighted by atomic mass is 10.0. The monoisotopic (exact) mass is 268 g/mol. The van der Waals surface area contributed by atoms with Crippen molar-refractivity contribution in [1.82, 2.24) is 19.9 Å². The minimum atomic E-state index is 0.653. The van der Waals surface area contributed by atoms with Crippen molar-refractivity contribution in [1.29, 1.82) is 0 Å². The second-order valence-corrected chi connectivity index (χ2v) is 4.42. The molecule has 0 aliphatic rings. The molecule has 4 nitrogen and oxygen atoms in total. The lowest BCUT2D eigenvalue weighted by Crippen LogP contribution is -1.86. The number of halogens is 1. The van der Waals surface area contributed by atoms with Gasteiger partial charge in [0, 0.05) is 40.9 Å². The van der Waals surface area contributed by atoms with Gasteiger partial charge in [-0.05, 0) is 29.3 Å². The molecule has 0 saturated heterocycles. The molecule has 3 aromatic rings. The van der Waals surface area contributed by atoms with Gasteiger partial charge in [-0.15, -0.1) is 0 Å². The summed E-state index contributed by atoms with van der Waals surface area (Å²) in [6, 6.07) is 5.78. The van der Waals surface area contributed by atoms with Crippen LogP contribution in [0.4, 0.5) is 0 Å². The summed E-state index contributed by atoms with van der Waals surface area (Å²) in [5.41, 5.74) is 3.77. The molecule has 0 radical (unpaired) electrons. The van der Waals surface area contributed by atoms with Crippen LogP contribution in [0.15, 0.2) is 55.6 Å². The smallest absolute Gasteiger partial charge is 0.115 e. The Bertz CT molecular complexity index is 629. The number of nitrogens with zero attached hydrogens (tertiary/aromatic N) is 4. The summed E-state index contributed by atoms with van der Waals surface area (Å²) in [5.74, 6) is 0. The zero-order chi connectivity index (χ0) is 13.1. The predicted octanol–water partition coefficient (Wildman–Crippen LogP) is 3.25. The summed E-state index contributed by atoms with van der Waals surface area (Å²) in [6.45, 7) is 0. The van der Waals surface area contributed by atoms with Gasteiger partial charge in [0.05, 0.1) is 0 Å². The third-order valence-electron chi connectivity index (χ3n) is 2.69. The molecule has 1 aromatic carbocycles. The molecule has 0 N–H and O–H groups in total. The van der Waals surface area contributed by atoms with E-state index in [9.17, 15) is 0 Å². The van der Waals surface area contributed by atoms with E-state index in [1.165, 1.54) is 12.7 Å². The van der Waals surface area contributed by atoms with E-state index in [2.05, 4.69) is 19.9 Å². The standard InChI is InChI=1S/C14H9ClN4/c15-14-2-10(12-4-16-8-17-5-12)1-11(3-14)13-6-18-9-19-7-13/h1-9H. The van der Waals surface area contributed by atoms with Crippen LogP contribution in [0.5, 0.6) is 0 Å². The van der Waals surface area contributed by atoms with Gasteiger partial charge in [0.25, 0.3) is 0 Å². The number of hydrogen-bond acceptors (Lipinski definition) is 4. The summed E-state index contributed by atoms with van der Waals surface area (Å²) in [5, 5.41) is 0.653. The van der Waals surface area contributed by atoms with Crippen molar-refractivity contribution in [2.75, 3.05) is 0 Å². The third kappa shape index (κ3) is 2.58. The zero-order valence-electron chi connectivity index (χ0n) is 9.86. The average molecular weight is 269 g/mol. The first kappa shape index (κ1) is 11.7. The van der Waals surface area contributed by atoms with Crippen molar-refractivity contribution >= 4 is 11.6 Å². The topological polar surface area (TPSA) is 51.6 Å². The maximum absolute atomic E-state index is 6.17. The molecule has 19 heavy (non-hydrogen) atoms. The van der Waals surface area contributed by atoms with E-state index in [1.807, 2.05) is 18.2 Å². The van der Waals surface area contributed by atoms with E-state index < -0.39 is 0 Å². The lowest BCUT2D eigenvalue weighted by Gasteiger charge is -2.06. The van der Waals surface area contributed by atoms with Crippen LogP contribution >= 0.6 is 11.6 Å². The van der Waals surface area contributed by atoms with E-state index in [-0.39, 0.29) is 0 Å². The fourth-order valence-electron chi connectivity index (χ4n) is 1.82. The van der Waals surface area contributed by atoms with Crippen LogP contribution in [0.2, 0.25) is 5.02 Å². The van der Waals surface area contributed by atoms with E-state index in [4.69, 9.17) is 11.6 Å². The van der Waals surface area contributed by atoms with Crippen molar-refractivity contribution in [3.05, 3.63) is 60.7 Å². The molecular formula is C14H9ClN4. The zero-order valence-corrected chi connectivity index (χ0v) is 10.6. The normalized spacial score (nSPS) is 10.4. The number of rotatable bonds is 2. The molecule has 5 heteroatoms. The van der Waals surface area contributed by atoms with E-state index in [0.29, 0.717) is 5.02 Å². The van der Waals surface area contributed by atoms with Gasteiger partial charge in [0.1, 0.15) is 12.7 Å². The van der Waals surface area contributed by atoms with Crippen LogP contribution in [-0.2, 0) is 0 Å². The second kappa shape index (κ2) is 5.12. The minimum Gasteiger partial charge on any atom is -0.244 e. The van der Waals surface area contributed by atoms with Crippen molar-refractivity contribution < 1.29 is 0 Å². The quantitative estimate of drug-likeness (QED) is 0.716. The molecule has 0 saturated carbocycles. The van der Waals surface area contributed by atoms with Gasteiger partial charge in [-0.3, -0.25) is 0 Å². The van der Waals surface area contributed by atoms with Crippen molar-refractivity contribution in [3.8, 4) is 22.3 Å². The van der Waals surface area contributed by atoms with Crippen LogP contribution in [0.1, 0.15) is 0 Å². The van der Waals surface area contributed by atoms with E-state index in [0.717, 1.165) is 22.3 Å². The van der Waals surface area contributed by atoms with Gasteiger partial charge in [-0.25, -0.2) is 19.9 Å². The SMILES string of the molecule is Clc1cc(-c2cncnc2)cc(-c2cncnc2)c1. The first-order valence-electron chi connectivity index (χ1n) is 5.64. The van der Waals surface area contributed by atoms with Gasteiger partial charge in [0.2, 0.25) is 0 Å². The van der Waals surface area contributed by atoms with Crippen LogP contribution in [-0.4, -0.2) is 19.9 Å². The first-order valence-corrected chi connectivity index (χ1v) is 6.02. The Hall–Kier alpha value is -2.33. The largest absolute Gasteiger partial charge is 0.244 e. The molecule has 0 bridgehead atoms. The molecule has 0 atom stereocenters. The lowest BCUT2D eigenvalue weighted by molar-refractivity contribution is 1.17. The number of hydrogen-bond donors (Lipinski definition) is 0. The van der Waals surface area contributed by atoms with Crippen molar-refractivity contribution in [2.24, 2.45) is 0 Å². The summed E-state index contributed by atoms with van der Waals surface area (Å²) >= 11 is 6.17. The van der Waals surface area contributed by atoms with Crippen molar-refractivity contribution in [3.63, 3.8) is 0 Å². The summed E-state index contributed by atoms with van der Waals surface area (Å²) in [7, 11) is 0. The molecule has 0 amide bonds. The Morgan fingerprint density at radius 2 is 1.00 bits per heavy atom. The number of aromatic nitrogens is 4. The highest BCUT2D eigenvalue weighted by Gasteiger charge is 2.05. The fourth-order valence-corrected chi connectivity index (χ4v) is 2.05. The molecule has 0 aliphatic heterocycles. The van der Waals surface area contributed by atoms with E-state index >= 15 is 0 Å². The average Bonchev–Trinajstić information content (AvgIpc) is 2.48. The van der Waals surface area contributed by atoms with Crippen LogP contribution in [0, 0.1) is 0 Å². The molecular weight excluding hydrogens is 260 g/mol. The van der Waals surface area contributed by atoms with Gasteiger partial charge in [-0.1, -0.05) is 11.6 Å². The van der Waals surface area contributed by atoms with E-state index in [1.54, 1.807) is 24.8 Å². The molecule has 0 spiro atoms. The predicted molar refractivity (Wildman–Crippen MR) is 73.5 cm³/mol. The fraction of sp³-hybridized carbons (Fsp3) is 0. The molecule has 3 rings (SSSR count). The highest BCUT2D eigenvalue weighted by Crippen LogP contribution is 2.28. The summed E-state index contributed by atoms with van der Waals surface area (Å²) in [4.78, 5) is 16.1. The Morgan fingerprint density at radius 1 is 0.579 bits per heavy atom. The van der Waals surface area contributed by atoms with Crippen molar-refractivity contribution in [2.45, 2.75) is 0 Å². The maximum atomic E-state index is 6.17. The molecule has 2 aromatic heterocycles. The van der Waals surface area contributed by atoms with Crippen LogP contribution in [0.3, 0.4) is 0 Å². The van der Waals surface area contributed by atoms with Gasteiger partial charge < -0.3 is 0 Å². The Balaban J connectivity index is 2.12. The van der Waals surface area contributed by atoms with Crippen LogP contribution < -0.4 is 0 Å². The molecule has 0 fully saturated rings. The highest BCUT2D eigenvalue weighted by molar-refractivity contribution is 6.31. The third-order valence-corrected chi connectivity index (χ3v) is 2.90. The van der Waals surface area contributed by atoms with Crippen LogP contribution in [0.25, 0.3) is 22.3 Å². The minimum absolute atomic E-state index is 0.653. The number of benzene rings is 1. The molecule has 0 unspecified atom stereocenters. The van der Waals surface area contributed by atoms with Gasteiger partial charge in [0.15, 0.2) is 0 Å². The molecule has 0 aliphatic carbocycles. The first-order chi connectivity index (χ1) is 9.33. The summed E-state index contributed by atoms with van der Waals surface area (Å²) < 4.78 is 0. The Labute approximate surface area is 115 Å². The summed E-state index contributed by atoms with van der Waals surface area (Å²) in [6.07, 6.45) is 10.0. The van der Waals surface area contributed by atoms with Gasteiger partial charge >= 0.3 is 0 Å². The second-order valence-electron chi connectivity index (χ2n) is 3.98. The maximum Gasteiger partial charge on any atom is 0.115 e. The molecule has 92 valence electrons. The molecule has 2 heterocycles. The highest BCUT2D eigenvalue weighted by atomic mass is 35.5. The Kier molecular flexibility index (Phi) is 3.16.